The SMILES string of the molecule is CC(C)(C)OC(=O)N1CCC(N=Cc2cc(Br)sc2N)CC1. The Kier molecular flexibility index (Phi) is 5.50. The van der Waals surface area contributed by atoms with Gasteiger partial charge in [0.1, 0.15) is 5.60 Å². The molecular weight excluding hydrogens is 366 g/mol. The summed E-state index contributed by atoms with van der Waals surface area (Å²) in [5.74, 6) is 0. The lowest BCUT2D eigenvalue weighted by molar-refractivity contribution is 0.0207. The van der Waals surface area contributed by atoms with Gasteiger partial charge in [-0.05, 0) is 55.6 Å². The first-order valence-electron chi connectivity index (χ1n) is 7.30. The van der Waals surface area contributed by atoms with Gasteiger partial charge in [0, 0.05) is 24.9 Å². The van der Waals surface area contributed by atoms with Crippen LogP contribution in [-0.4, -0.2) is 41.9 Å². The van der Waals surface area contributed by atoms with Crippen molar-refractivity contribution in [2.75, 3.05) is 18.8 Å². The van der Waals surface area contributed by atoms with Crippen molar-refractivity contribution in [3.63, 3.8) is 0 Å². The van der Waals surface area contributed by atoms with E-state index in [0.29, 0.717) is 13.1 Å². The van der Waals surface area contributed by atoms with Crippen LogP contribution < -0.4 is 5.73 Å². The zero-order chi connectivity index (χ0) is 16.3. The molecule has 5 nitrogen and oxygen atoms in total. The smallest absolute Gasteiger partial charge is 0.410 e. The molecule has 0 atom stereocenters. The van der Waals surface area contributed by atoms with Gasteiger partial charge in [-0.25, -0.2) is 4.79 Å². The summed E-state index contributed by atoms with van der Waals surface area (Å²) in [6.45, 7) is 7.00. The summed E-state index contributed by atoms with van der Waals surface area (Å²) in [5, 5.41) is 0.766. The molecule has 0 saturated carbocycles. The van der Waals surface area contributed by atoms with Crippen molar-refractivity contribution in [3.8, 4) is 0 Å². The van der Waals surface area contributed by atoms with Gasteiger partial charge < -0.3 is 15.4 Å². The van der Waals surface area contributed by atoms with Gasteiger partial charge in [-0.2, -0.15) is 0 Å². The number of thiophene rings is 1. The molecule has 2 N–H and O–H groups in total. The van der Waals surface area contributed by atoms with Crippen molar-refractivity contribution in [1.29, 1.82) is 0 Å². The Morgan fingerprint density at radius 2 is 2.14 bits per heavy atom. The van der Waals surface area contributed by atoms with Gasteiger partial charge in [0.2, 0.25) is 0 Å². The maximum Gasteiger partial charge on any atom is 0.410 e. The molecule has 0 aromatic carbocycles. The minimum Gasteiger partial charge on any atom is -0.444 e. The zero-order valence-electron chi connectivity index (χ0n) is 13.1. The molecule has 1 amide bonds. The average Bonchev–Trinajstić information content (AvgIpc) is 2.73. The van der Waals surface area contributed by atoms with Gasteiger partial charge in [0.05, 0.1) is 14.8 Å². The topological polar surface area (TPSA) is 67.9 Å². The second-order valence-electron chi connectivity index (χ2n) is 6.35. The monoisotopic (exact) mass is 387 g/mol. The molecule has 1 aliphatic heterocycles. The van der Waals surface area contributed by atoms with E-state index in [1.54, 1.807) is 4.90 Å². The predicted octanol–water partition coefficient (Wildman–Crippen LogP) is 3.91. The Morgan fingerprint density at radius 3 is 2.64 bits per heavy atom. The third-order valence-corrected chi connectivity index (χ3v) is 4.78. The molecule has 0 unspecified atom stereocenters. The number of carbonyl (C=O) groups excluding carboxylic acids is 1. The highest BCUT2D eigenvalue weighted by molar-refractivity contribution is 9.11. The predicted molar refractivity (Wildman–Crippen MR) is 94.9 cm³/mol. The lowest BCUT2D eigenvalue weighted by Crippen LogP contribution is -2.42. The van der Waals surface area contributed by atoms with Gasteiger partial charge in [-0.15, -0.1) is 11.3 Å². The van der Waals surface area contributed by atoms with Gasteiger partial charge >= 0.3 is 6.09 Å². The van der Waals surface area contributed by atoms with E-state index in [1.807, 2.05) is 33.1 Å². The first-order valence-corrected chi connectivity index (χ1v) is 8.91. The summed E-state index contributed by atoms with van der Waals surface area (Å²) >= 11 is 4.91. The minimum atomic E-state index is -0.448. The van der Waals surface area contributed by atoms with Crippen LogP contribution in [-0.2, 0) is 4.74 Å². The van der Waals surface area contributed by atoms with Crippen molar-refractivity contribution in [2.24, 2.45) is 4.99 Å². The third kappa shape index (κ3) is 4.98. The number of amides is 1. The molecule has 0 bridgehead atoms. The van der Waals surface area contributed by atoms with E-state index in [0.717, 1.165) is 27.2 Å². The van der Waals surface area contributed by atoms with Gasteiger partial charge in [-0.1, -0.05) is 0 Å². The van der Waals surface area contributed by atoms with Gasteiger partial charge in [0.15, 0.2) is 0 Å². The van der Waals surface area contributed by atoms with Crippen LogP contribution in [0.3, 0.4) is 0 Å². The number of rotatable bonds is 2. The maximum absolute atomic E-state index is 12.0. The molecule has 0 spiro atoms. The molecule has 0 radical (unpaired) electrons. The number of halogens is 1. The Bertz CT molecular complexity index is 558. The second kappa shape index (κ2) is 7.00. The van der Waals surface area contributed by atoms with E-state index >= 15 is 0 Å². The number of nitrogen functional groups attached to an aromatic ring is 1. The Hall–Kier alpha value is -1.08. The fraction of sp³-hybridized carbons (Fsp3) is 0.600. The van der Waals surface area contributed by atoms with E-state index in [-0.39, 0.29) is 12.1 Å². The Balaban J connectivity index is 1.85. The largest absolute Gasteiger partial charge is 0.444 e. The highest BCUT2D eigenvalue weighted by Gasteiger charge is 2.26. The number of piperidine rings is 1. The number of likely N-dealkylation sites (tertiary alicyclic amines) is 1. The van der Waals surface area contributed by atoms with Crippen LogP contribution in [0.4, 0.5) is 9.80 Å². The van der Waals surface area contributed by atoms with E-state index in [4.69, 9.17) is 10.5 Å². The Morgan fingerprint density at radius 1 is 1.50 bits per heavy atom. The zero-order valence-corrected chi connectivity index (χ0v) is 15.5. The summed E-state index contributed by atoms with van der Waals surface area (Å²) in [5.41, 5.74) is 6.41. The number of nitrogens with zero attached hydrogens (tertiary/aromatic N) is 2. The van der Waals surface area contributed by atoms with E-state index < -0.39 is 5.60 Å². The maximum atomic E-state index is 12.0. The lowest BCUT2D eigenvalue weighted by Gasteiger charge is -2.32. The number of hydrogen-bond donors (Lipinski definition) is 1. The minimum absolute atomic E-state index is 0.233. The van der Waals surface area contributed by atoms with Crippen molar-refractivity contribution in [1.82, 2.24) is 4.90 Å². The molecule has 1 aromatic rings. The summed E-state index contributed by atoms with van der Waals surface area (Å²) in [6, 6.07) is 2.20. The standard InChI is InChI=1S/C15H22BrN3O2S/c1-15(2,3)21-14(20)19-6-4-11(5-7-19)18-9-10-8-12(16)22-13(10)17/h8-9,11H,4-7,17H2,1-3H3. The molecule has 1 fully saturated rings. The molecule has 2 rings (SSSR count). The fourth-order valence-corrected chi connectivity index (χ4v) is 3.59. The third-order valence-electron chi connectivity index (χ3n) is 3.30. The van der Waals surface area contributed by atoms with Crippen LogP contribution in [0.2, 0.25) is 0 Å². The number of hydrogen-bond acceptors (Lipinski definition) is 5. The molecule has 1 saturated heterocycles. The number of anilines is 1. The molecule has 7 heteroatoms. The normalized spacial score (nSPS) is 17.2. The van der Waals surface area contributed by atoms with Crippen LogP contribution >= 0.6 is 27.3 Å². The molecule has 2 heterocycles. The van der Waals surface area contributed by atoms with Crippen LogP contribution in [0, 0.1) is 0 Å². The van der Waals surface area contributed by atoms with Gasteiger partial charge in [-0.3, -0.25) is 4.99 Å². The second-order valence-corrected chi connectivity index (χ2v) is 8.81. The molecule has 122 valence electrons. The van der Waals surface area contributed by atoms with Crippen LogP contribution in [0.25, 0.3) is 0 Å². The van der Waals surface area contributed by atoms with Crippen LogP contribution in [0.5, 0.6) is 0 Å². The van der Waals surface area contributed by atoms with Crippen molar-refractivity contribution in [2.45, 2.75) is 45.3 Å². The quantitative estimate of drug-likeness (QED) is 0.781. The summed E-state index contributed by atoms with van der Waals surface area (Å²) < 4.78 is 6.39. The summed E-state index contributed by atoms with van der Waals surface area (Å²) in [6.07, 6.45) is 3.30. The first-order chi connectivity index (χ1) is 10.2. The van der Waals surface area contributed by atoms with Crippen molar-refractivity contribution >= 4 is 44.6 Å². The lowest BCUT2D eigenvalue weighted by atomic mass is 10.1. The van der Waals surface area contributed by atoms with Crippen LogP contribution in [0.15, 0.2) is 14.8 Å². The van der Waals surface area contributed by atoms with Crippen molar-refractivity contribution < 1.29 is 9.53 Å². The highest BCUT2D eigenvalue weighted by Crippen LogP contribution is 2.28. The highest BCUT2D eigenvalue weighted by atomic mass is 79.9. The van der Waals surface area contributed by atoms with Crippen LogP contribution in [0.1, 0.15) is 39.2 Å². The first kappa shape index (κ1) is 17.3. The Labute approximate surface area is 143 Å². The summed E-state index contributed by atoms with van der Waals surface area (Å²) in [7, 11) is 0. The van der Waals surface area contributed by atoms with E-state index in [1.165, 1.54) is 11.3 Å². The molecule has 0 aliphatic carbocycles. The van der Waals surface area contributed by atoms with E-state index in [2.05, 4.69) is 20.9 Å². The molecule has 1 aliphatic rings. The van der Waals surface area contributed by atoms with Gasteiger partial charge in [0.25, 0.3) is 0 Å². The number of ether oxygens (including phenoxy) is 1. The number of nitrogens with two attached hydrogens (primary N) is 1. The van der Waals surface area contributed by atoms with E-state index in [9.17, 15) is 4.79 Å². The fourth-order valence-electron chi connectivity index (χ4n) is 2.20. The average molecular weight is 388 g/mol. The number of carbonyl (C=O) groups is 1. The number of aliphatic imine (C=N–C) groups is 1. The molecule has 22 heavy (non-hydrogen) atoms. The van der Waals surface area contributed by atoms with Crippen molar-refractivity contribution in [3.05, 3.63) is 15.4 Å². The molecule has 1 aromatic heterocycles. The molecular formula is C15H22BrN3O2S. The summed E-state index contributed by atoms with van der Waals surface area (Å²) in [4.78, 5) is 18.3.